The first-order valence-electron chi connectivity index (χ1n) is 4.40. The molecule has 1 N–H and O–H groups in total. The van der Waals surface area contributed by atoms with Crippen LogP contribution in [0.4, 0.5) is 5.95 Å². The van der Waals surface area contributed by atoms with Crippen LogP contribution >= 0.6 is 0 Å². The quantitative estimate of drug-likeness (QED) is 0.751. The monoisotopic (exact) mass is 198 g/mol. The van der Waals surface area contributed by atoms with Crippen LogP contribution in [0.5, 0.6) is 12.0 Å². The first kappa shape index (κ1) is 10.5. The zero-order chi connectivity index (χ0) is 10.4. The van der Waals surface area contributed by atoms with Crippen LogP contribution in [0, 0.1) is 0 Å². The molecule has 1 aromatic heterocycles. The van der Waals surface area contributed by atoms with Crippen LogP contribution in [0.25, 0.3) is 0 Å². The van der Waals surface area contributed by atoms with Crippen LogP contribution < -0.4 is 14.8 Å². The Hall–Kier alpha value is -1.59. The summed E-state index contributed by atoms with van der Waals surface area (Å²) >= 11 is 0. The number of rotatable bonds is 5. The van der Waals surface area contributed by atoms with E-state index in [1.807, 2.05) is 6.92 Å². The lowest BCUT2D eigenvalue weighted by atomic mass is 10.5. The highest BCUT2D eigenvalue weighted by atomic mass is 16.5. The van der Waals surface area contributed by atoms with Crippen molar-refractivity contribution >= 4 is 5.95 Å². The van der Waals surface area contributed by atoms with Crippen molar-refractivity contribution in [1.82, 2.24) is 15.0 Å². The predicted octanol–water partition coefficient (Wildman–Crippen LogP) is 0.711. The van der Waals surface area contributed by atoms with E-state index in [9.17, 15) is 0 Å². The van der Waals surface area contributed by atoms with E-state index >= 15 is 0 Å². The summed E-state index contributed by atoms with van der Waals surface area (Å²) in [5.41, 5.74) is 0. The molecule has 0 amide bonds. The Morgan fingerprint density at radius 2 is 1.93 bits per heavy atom. The lowest BCUT2D eigenvalue weighted by Gasteiger charge is -2.05. The highest BCUT2D eigenvalue weighted by molar-refractivity contribution is 5.26. The molecule has 0 aliphatic heterocycles. The SMILES string of the molecule is CCCOc1nc(NC)nc(OC)n1. The van der Waals surface area contributed by atoms with Crippen molar-refractivity contribution in [3.8, 4) is 12.0 Å². The Labute approximate surface area is 82.7 Å². The summed E-state index contributed by atoms with van der Waals surface area (Å²) in [6, 6.07) is 0.526. The van der Waals surface area contributed by atoms with Crippen molar-refractivity contribution in [1.29, 1.82) is 0 Å². The normalized spacial score (nSPS) is 9.64. The maximum Gasteiger partial charge on any atom is 0.324 e. The molecule has 0 bridgehead atoms. The van der Waals surface area contributed by atoms with Gasteiger partial charge in [-0.1, -0.05) is 6.92 Å². The summed E-state index contributed by atoms with van der Waals surface area (Å²) < 4.78 is 10.2. The van der Waals surface area contributed by atoms with Crippen LogP contribution in [-0.2, 0) is 0 Å². The van der Waals surface area contributed by atoms with E-state index in [1.165, 1.54) is 7.11 Å². The molecule has 0 aliphatic carbocycles. The maximum atomic E-state index is 5.26. The second kappa shape index (κ2) is 5.21. The molecular weight excluding hydrogens is 184 g/mol. The van der Waals surface area contributed by atoms with Gasteiger partial charge in [-0.3, -0.25) is 0 Å². The number of nitrogens with one attached hydrogen (secondary N) is 1. The van der Waals surface area contributed by atoms with Crippen molar-refractivity contribution < 1.29 is 9.47 Å². The van der Waals surface area contributed by atoms with Gasteiger partial charge in [0, 0.05) is 7.05 Å². The van der Waals surface area contributed by atoms with Gasteiger partial charge in [0.05, 0.1) is 13.7 Å². The molecule has 0 radical (unpaired) electrons. The second-order valence-corrected chi connectivity index (χ2v) is 2.53. The van der Waals surface area contributed by atoms with Gasteiger partial charge in [0.25, 0.3) is 0 Å². The van der Waals surface area contributed by atoms with Crippen LogP contribution in [0.3, 0.4) is 0 Å². The Morgan fingerprint density at radius 3 is 2.50 bits per heavy atom. The molecular formula is C8H14N4O2. The minimum Gasteiger partial charge on any atom is -0.467 e. The first-order valence-corrected chi connectivity index (χ1v) is 4.40. The summed E-state index contributed by atoms with van der Waals surface area (Å²) in [7, 11) is 3.22. The molecule has 0 fully saturated rings. The van der Waals surface area contributed by atoms with Crippen LogP contribution in [-0.4, -0.2) is 35.7 Å². The third-order valence-corrected chi connectivity index (χ3v) is 1.44. The van der Waals surface area contributed by atoms with Gasteiger partial charge in [0.1, 0.15) is 0 Å². The zero-order valence-corrected chi connectivity index (χ0v) is 8.57. The Bertz CT molecular complexity index is 270. The summed E-state index contributed by atoms with van der Waals surface area (Å²) in [4.78, 5) is 11.9. The number of anilines is 1. The lowest BCUT2D eigenvalue weighted by Crippen LogP contribution is -2.06. The van der Waals surface area contributed by atoms with Gasteiger partial charge in [-0.2, -0.15) is 9.97 Å². The zero-order valence-electron chi connectivity index (χ0n) is 8.57. The highest BCUT2D eigenvalue weighted by Gasteiger charge is 2.05. The van der Waals surface area contributed by atoms with Crippen molar-refractivity contribution in [2.24, 2.45) is 0 Å². The first-order chi connectivity index (χ1) is 6.80. The van der Waals surface area contributed by atoms with Crippen molar-refractivity contribution in [3.05, 3.63) is 0 Å². The van der Waals surface area contributed by atoms with Crippen LogP contribution in [0.2, 0.25) is 0 Å². The highest BCUT2D eigenvalue weighted by Crippen LogP contribution is 2.11. The van der Waals surface area contributed by atoms with Gasteiger partial charge in [-0.15, -0.1) is 4.98 Å². The molecule has 6 nitrogen and oxygen atoms in total. The van der Waals surface area contributed by atoms with Crippen molar-refractivity contribution in [3.63, 3.8) is 0 Å². The molecule has 0 aromatic carbocycles. The molecule has 0 unspecified atom stereocenters. The molecule has 6 heteroatoms. The number of hydrogen-bond donors (Lipinski definition) is 1. The Kier molecular flexibility index (Phi) is 3.90. The maximum absolute atomic E-state index is 5.26. The minimum absolute atomic E-state index is 0.246. The van der Waals surface area contributed by atoms with Crippen LogP contribution in [0.1, 0.15) is 13.3 Å². The smallest absolute Gasteiger partial charge is 0.324 e. The molecule has 0 saturated heterocycles. The van der Waals surface area contributed by atoms with Gasteiger partial charge < -0.3 is 14.8 Å². The minimum atomic E-state index is 0.246. The number of hydrogen-bond acceptors (Lipinski definition) is 6. The Balaban J connectivity index is 2.81. The van der Waals surface area contributed by atoms with Gasteiger partial charge in [0.2, 0.25) is 5.95 Å². The van der Waals surface area contributed by atoms with E-state index in [-0.39, 0.29) is 12.0 Å². The van der Waals surface area contributed by atoms with Gasteiger partial charge in [-0.25, -0.2) is 0 Å². The van der Waals surface area contributed by atoms with E-state index in [1.54, 1.807) is 7.05 Å². The molecule has 1 rings (SSSR count). The average Bonchev–Trinajstić information content (AvgIpc) is 2.25. The van der Waals surface area contributed by atoms with Gasteiger partial charge in [-0.05, 0) is 6.42 Å². The van der Waals surface area contributed by atoms with Crippen molar-refractivity contribution in [2.45, 2.75) is 13.3 Å². The fraction of sp³-hybridized carbons (Fsp3) is 0.625. The molecule has 0 aliphatic rings. The van der Waals surface area contributed by atoms with E-state index in [4.69, 9.17) is 9.47 Å². The second-order valence-electron chi connectivity index (χ2n) is 2.53. The van der Waals surface area contributed by atoms with E-state index in [0.717, 1.165) is 6.42 Å². The number of methoxy groups -OCH3 is 1. The van der Waals surface area contributed by atoms with E-state index in [0.29, 0.717) is 12.6 Å². The van der Waals surface area contributed by atoms with E-state index in [2.05, 4.69) is 20.3 Å². The van der Waals surface area contributed by atoms with Gasteiger partial charge in [0.15, 0.2) is 0 Å². The van der Waals surface area contributed by atoms with E-state index < -0.39 is 0 Å². The third-order valence-electron chi connectivity index (χ3n) is 1.44. The average molecular weight is 198 g/mol. The molecule has 0 saturated carbocycles. The summed E-state index contributed by atoms with van der Waals surface area (Å²) in [6.45, 7) is 2.59. The number of nitrogens with zero attached hydrogens (tertiary/aromatic N) is 3. The topological polar surface area (TPSA) is 69.2 Å². The summed E-state index contributed by atoms with van der Waals surface area (Å²) in [6.07, 6.45) is 0.906. The standard InChI is InChI=1S/C8H14N4O2/c1-4-5-14-8-11-6(9-2)10-7(12-8)13-3/h4-5H2,1-3H3,(H,9,10,11,12). The number of ether oxygens (including phenoxy) is 2. The molecule has 14 heavy (non-hydrogen) atoms. The lowest BCUT2D eigenvalue weighted by molar-refractivity contribution is 0.281. The third kappa shape index (κ3) is 2.72. The fourth-order valence-electron chi connectivity index (χ4n) is 0.799. The van der Waals surface area contributed by atoms with Gasteiger partial charge >= 0.3 is 12.0 Å². The number of aromatic nitrogens is 3. The molecule has 1 heterocycles. The summed E-state index contributed by atoms with van der Waals surface area (Å²) in [5.74, 6) is 0.433. The largest absolute Gasteiger partial charge is 0.467 e. The molecule has 1 aromatic rings. The van der Waals surface area contributed by atoms with Crippen molar-refractivity contribution in [2.75, 3.05) is 26.1 Å². The molecule has 78 valence electrons. The Morgan fingerprint density at radius 1 is 1.21 bits per heavy atom. The fourth-order valence-corrected chi connectivity index (χ4v) is 0.799. The predicted molar refractivity (Wildman–Crippen MR) is 51.7 cm³/mol. The molecule has 0 spiro atoms. The van der Waals surface area contributed by atoms with Crippen LogP contribution in [0.15, 0.2) is 0 Å². The summed E-state index contributed by atoms with van der Waals surface area (Å²) in [5, 5.41) is 2.80. The molecule has 0 atom stereocenters.